The van der Waals surface area contributed by atoms with Crippen LogP contribution in [0.5, 0.6) is 0 Å². The Balaban J connectivity index is 1.81. The Bertz CT molecular complexity index is 403. The van der Waals surface area contributed by atoms with Crippen LogP contribution in [0.1, 0.15) is 70.6 Å². The van der Waals surface area contributed by atoms with Crippen LogP contribution < -0.4 is 0 Å². The number of likely N-dealkylation sites (tertiary alicyclic amines) is 1. The molecular weight excluding hydrogens is 266 g/mol. The predicted octanol–water partition coefficient (Wildman–Crippen LogP) is 3.20. The van der Waals surface area contributed by atoms with E-state index in [1.165, 1.54) is 19.3 Å². The fourth-order valence-electron chi connectivity index (χ4n) is 4.75. The number of carbonyl (C=O) groups excluding carboxylic acids is 1. The summed E-state index contributed by atoms with van der Waals surface area (Å²) in [5.41, 5.74) is 0. The molecule has 2 saturated carbocycles. The quantitative estimate of drug-likeness (QED) is 0.850. The van der Waals surface area contributed by atoms with Gasteiger partial charge in [0.2, 0.25) is 5.91 Å². The summed E-state index contributed by atoms with van der Waals surface area (Å²) in [5.74, 6) is -0.0231. The SMILES string of the molecule is O=C(O)C1CCC2CCCCC2N1C(=O)C1CCCCC1. The van der Waals surface area contributed by atoms with E-state index in [1.807, 2.05) is 4.90 Å². The normalized spacial score (nSPS) is 34.3. The second-order valence-corrected chi connectivity index (χ2v) is 7.12. The highest BCUT2D eigenvalue weighted by molar-refractivity contribution is 5.85. The van der Waals surface area contributed by atoms with Crippen LogP contribution in [0.15, 0.2) is 0 Å². The van der Waals surface area contributed by atoms with Gasteiger partial charge in [0.15, 0.2) is 0 Å². The Morgan fingerprint density at radius 3 is 2.19 bits per heavy atom. The summed E-state index contributed by atoms with van der Waals surface area (Å²) in [7, 11) is 0. The van der Waals surface area contributed by atoms with Crippen molar-refractivity contribution in [2.24, 2.45) is 11.8 Å². The molecule has 21 heavy (non-hydrogen) atoms. The molecule has 0 aromatic rings. The zero-order valence-corrected chi connectivity index (χ0v) is 12.8. The average Bonchev–Trinajstić information content (AvgIpc) is 2.53. The molecule has 3 unspecified atom stereocenters. The minimum Gasteiger partial charge on any atom is -0.480 e. The number of hydrogen-bond acceptors (Lipinski definition) is 2. The lowest BCUT2D eigenvalue weighted by atomic mass is 9.75. The molecule has 1 N–H and O–H groups in total. The van der Waals surface area contributed by atoms with Crippen LogP contribution >= 0.6 is 0 Å². The molecule has 3 rings (SSSR count). The van der Waals surface area contributed by atoms with Crippen molar-refractivity contribution in [3.8, 4) is 0 Å². The third-order valence-electron chi connectivity index (χ3n) is 5.87. The van der Waals surface area contributed by atoms with Crippen molar-refractivity contribution in [1.29, 1.82) is 0 Å². The number of amides is 1. The topological polar surface area (TPSA) is 57.6 Å². The van der Waals surface area contributed by atoms with Gasteiger partial charge in [0, 0.05) is 12.0 Å². The van der Waals surface area contributed by atoms with E-state index in [0.29, 0.717) is 12.3 Å². The summed E-state index contributed by atoms with van der Waals surface area (Å²) < 4.78 is 0. The predicted molar refractivity (Wildman–Crippen MR) is 79.8 cm³/mol. The fourth-order valence-corrected chi connectivity index (χ4v) is 4.75. The maximum atomic E-state index is 13.0. The van der Waals surface area contributed by atoms with Crippen molar-refractivity contribution in [2.45, 2.75) is 82.7 Å². The van der Waals surface area contributed by atoms with Crippen molar-refractivity contribution in [2.75, 3.05) is 0 Å². The first-order valence-electron chi connectivity index (χ1n) is 8.73. The van der Waals surface area contributed by atoms with Gasteiger partial charge in [-0.15, -0.1) is 0 Å². The van der Waals surface area contributed by atoms with Gasteiger partial charge in [-0.2, -0.15) is 0 Å². The van der Waals surface area contributed by atoms with Gasteiger partial charge in [-0.3, -0.25) is 4.79 Å². The summed E-state index contributed by atoms with van der Waals surface area (Å²) in [6.45, 7) is 0. The van der Waals surface area contributed by atoms with Crippen LogP contribution in [0.3, 0.4) is 0 Å². The van der Waals surface area contributed by atoms with E-state index in [-0.39, 0.29) is 17.9 Å². The molecule has 4 nitrogen and oxygen atoms in total. The van der Waals surface area contributed by atoms with E-state index < -0.39 is 12.0 Å². The summed E-state index contributed by atoms with van der Waals surface area (Å²) in [6.07, 6.45) is 11.6. The second-order valence-electron chi connectivity index (χ2n) is 7.12. The Morgan fingerprint density at radius 2 is 1.48 bits per heavy atom. The van der Waals surface area contributed by atoms with E-state index in [1.54, 1.807) is 0 Å². The third kappa shape index (κ3) is 2.95. The van der Waals surface area contributed by atoms with Crippen molar-refractivity contribution >= 4 is 11.9 Å². The lowest BCUT2D eigenvalue weighted by Crippen LogP contribution is -2.58. The zero-order valence-electron chi connectivity index (χ0n) is 12.8. The van der Waals surface area contributed by atoms with Gasteiger partial charge in [0.05, 0.1) is 0 Å². The Hall–Kier alpha value is -1.06. The number of carbonyl (C=O) groups is 2. The summed E-state index contributed by atoms with van der Waals surface area (Å²) in [4.78, 5) is 26.4. The van der Waals surface area contributed by atoms with Crippen LogP contribution in [-0.2, 0) is 9.59 Å². The van der Waals surface area contributed by atoms with E-state index in [2.05, 4.69) is 0 Å². The van der Waals surface area contributed by atoms with Gasteiger partial charge in [-0.25, -0.2) is 4.79 Å². The molecule has 0 aromatic carbocycles. The number of nitrogens with zero attached hydrogens (tertiary/aromatic N) is 1. The molecule has 3 atom stereocenters. The highest BCUT2D eigenvalue weighted by atomic mass is 16.4. The van der Waals surface area contributed by atoms with E-state index >= 15 is 0 Å². The Labute approximate surface area is 126 Å². The number of carboxylic acids is 1. The maximum Gasteiger partial charge on any atom is 0.326 e. The lowest BCUT2D eigenvalue weighted by Gasteiger charge is -2.48. The van der Waals surface area contributed by atoms with Crippen LogP contribution in [0.2, 0.25) is 0 Å². The van der Waals surface area contributed by atoms with Gasteiger partial charge >= 0.3 is 5.97 Å². The van der Waals surface area contributed by atoms with Gasteiger partial charge < -0.3 is 10.0 Å². The lowest BCUT2D eigenvalue weighted by molar-refractivity contribution is -0.161. The van der Waals surface area contributed by atoms with Crippen molar-refractivity contribution in [1.82, 2.24) is 4.90 Å². The molecule has 0 radical (unpaired) electrons. The first-order valence-corrected chi connectivity index (χ1v) is 8.73. The molecule has 0 aromatic heterocycles. The van der Waals surface area contributed by atoms with Crippen LogP contribution in [0.25, 0.3) is 0 Å². The molecule has 118 valence electrons. The molecule has 3 fully saturated rings. The second kappa shape index (κ2) is 6.37. The van der Waals surface area contributed by atoms with Gasteiger partial charge in [0.1, 0.15) is 6.04 Å². The molecule has 0 bridgehead atoms. The minimum absolute atomic E-state index is 0.0845. The number of piperidine rings is 1. The van der Waals surface area contributed by atoms with Crippen molar-refractivity contribution in [3.05, 3.63) is 0 Å². The van der Waals surface area contributed by atoms with Gasteiger partial charge in [-0.05, 0) is 44.4 Å². The summed E-state index contributed by atoms with van der Waals surface area (Å²) in [6, 6.07) is -0.373. The van der Waals surface area contributed by atoms with Crippen LogP contribution in [0.4, 0.5) is 0 Å². The Kier molecular flexibility index (Phi) is 4.51. The third-order valence-corrected chi connectivity index (χ3v) is 5.87. The zero-order chi connectivity index (χ0) is 14.8. The standard InChI is InChI=1S/C17H27NO3/c19-16(13-7-2-1-3-8-13)18-14-9-5-4-6-12(14)10-11-15(18)17(20)21/h12-15H,1-11H2,(H,20,21). The number of aliphatic carboxylic acids is 1. The summed E-state index contributed by atoms with van der Waals surface area (Å²) in [5, 5.41) is 9.55. The molecule has 3 aliphatic rings. The highest BCUT2D eigenvalue weighted by Gasteiger charge is 2.45. The van der Waals surface area contributed by atoms with Crippen LogP contribution in [-0.4, -0.2) is 34.0 Å². The first-order chi connectivity index (χ1) is 10.2. The average molecular weight is 293 g/mol. The Morgan fingerprint density at radius 1 is 0.810 bits per heavy atom. The number of hydrogen-bond donors (Lipinski definition) is 1. The first kappa shape index (κ1) is 14.9. The molecule has 1 saturated heterocycles. The number of rotatable bonds is 2. The van der Waals surface area contributed by atoms with E-state index in [4.69, 9.17) is 0 Å². The largest absolute Gasteiger partial charge is 0.480 e. The van der Waals surface area contributed by atoms with E-state index in [9.17, 15) is 14.7 Å². The molecule has 1 heterocycles. The number of fused-ring (bicyclic) bond motifs is 1. The fraction of sp³-hybridized carbons (Fsp3) is 0.882. The van der Waals surface area contributed by atoms with Gasteiger partial charge in [0.25, 0.3) is 0 Å². The van der Waals surface area contributed by atoms with Gasteiger partial charge in [-0.1, -0.05) is 32.1 Å². The van der Waals surface area contributed by atoms with E-state index in [0.717, 1.165) is 44.9 Å². The highest BCUT2D eigenvalue weighted by Crippen LogP contribution is 2.40. The molecule has 1 amide bonds. The molecular formula is C17H27NO3. The smallest absolute Gasteiger partial charge is 0.326 e. The van der Waals surface area contributed by atoms with Crippen molar-refractivity contribution in [3.63, 3.8) is 0 Å². The minimum atomic E-state index is -0.803. The summed E-state index contributed by atoms with van der Waals surface area (Å²) >= 11 is 0. The number of carboxylic acid groups (broad SMARTS) is 1. The molecule has 4 heteroatoms. The van der Waals surface area contributed by atoms with Crippen molar-refractivity contribution < 1.29 is 14.7 Å². The maximum absolute atomic E-state index is 13.0. The van der Waals surface area contributed by atoms with Crippen LogP contribution in [0, 0.1) is 11.8 Å². The molecule has 0 spiro atoms. The molecule has 2 aliphatic carbocycles. The molecule has 1 aliphatic heterocycles. The monoisotopic (exact) mass is 293 g/mol.